The van der Waals surface area contributed by atoms with E-state index in [0.29, 0.717) is 5.92 Å². The quantitative estimate of drug-likeness (QED) is 0.768. The molecule has 0 aromatic heterocycles. The van der Waals surface area contributed by atoms with E-state index in [1.54, 1.807) is 12.0 Å². The Morgan fingerprint density at radius 2 is 1.70 bits per heavy atom. The number of methoxy groups -OCH3 is 1. The maximum atomic E-state index is 11.8. The highest BCUT2D eigenvalue weighted by Crippen LogP contribution is 2.23. The smallest absolute Gasteiger partial charge is 0.410 e. The van der Waals surface area contributed by atoms with Gasteiger partial charge in [0.25, 0.3) is 0 Å². The van der Waals surface area contributed by atoms with Gasteiger partial charge < -0.3 is 14.4 Å². The molecule has 0 spiro atoms. The molecule has 1 rings (SSSR count). The maximum absolute atomic E-state index is 11.8. The van der Waals surface area contributed by atoms with Gasteiger partial charge in [0, 0.05) is 20.2 Å². The minimum Gasteiger partial charge on any atom is -0.444 e. The van der Waals surface area contributed by atoms with E-state index in [9.17, 15) is 4.79 Å². The first-order chi connectivity index (χ1) is 9.25. The molecule has 1 fully saturated rings. The second-order valence-corrected chi connectivity index (χ2v) is 6.45. The van der Waals surface area contributed by atoms with Gasteiger partial charge in [-0.3, -0.25) is 0 Å². The van der Waals surface area contributed by atoms with Crippen molar-refractivity contribution in [1.29, 1.82) is 0 Å². The lowest BCUT2D eigenvalue weighted by molar-refractivity contribution is 0.00290. The van der Waals surface area contributed by atoms with Gasteiger partial charge in [-0.25, -0.2) is 4.79 Å². The Kier molecular flexibility index (Phi) is 8.86. The van der Waals surface area contributed by atoms with Gasteiger partial charge in [0.15, 0.2) is 0 Å². The standard InChI is InChI=1S/C13H25NO3.C3H8/c1-10(16-5)11-6-8-14(9-7-11)12(15)17-13(2,3)4;1-3-2/h10-11H,6-9H2,1-5H3;3H2,1-2H3. The molecule has 1 saturated heterocycles. The molecule has 1 aliphatic rings. The van der Waals surface area contributed by atoms with Crippen LogP contribution in [-0.2, 0) is 9.47 Å². The van der Waals surface area contributed by atoms with Crippen LogP contribution in [0.2, 0.25) is 0 Å². The molecule has 0 aromatic rings. The molecule has 120 valence electrons. The normalized spacial score (nSPS) is 18.1. The van der Waals surface area contributed by atoms with Gasteiger partial charge in [-0.15, -0.1) is 0 Å². The first-order valence-corrected chi connectivity index (χ1v) is 7.75. The molecular formula is C16H33NO3. The number of carbonyl (C=O) groups is 1. The number of rotatable bonds is 2. The molecule has 0 bridgehead atoms. The van der Waals surface area contributed by atoms with Crippen LogP contribution in [0, 0.1) is 5.92 Å². The Bertz CT molecular complexity index is 265. The van der Waals surface area contributed by atoms with Crippen molar-refractivity contribution in [2.45, 2.75) is 72.5 Å². The summed E-state index contributed by atoms with van der Waals surface area (Å²) in [7, 11) is 1.74. The lowest BCUT2D eigenvalue weighted by atomic mass is 9.92. The molecular weight excluding hydrogens is 254 g/mol. The SMILES string of the molecule is CCC.COC(C)C1CCN(C(=O)OC(C)(C)C)CC1. The van der Waals surface area contributed by atoms with Gasteiger partial charge >= 0.3 is 6.09 Å². The van der Waals surface area contributed by atoms with Crippen molar-refractivity contribution in [1.82, 2.24) is 4.90 Å². The zero-order valence-corrected chi connectivity index (χ0v) is 14.4. The predicted molar refractivity (Wildman–Crippen MR) is 83.0 cm³/mol. The molecule has 4 heteroatoms. The van der Waals surface area contributed by atoms with Crippen LogP contribution in [0.15, 0.2) is 0 Å². The van der Waals surface area contributed by atoms with E-state index < -0.39 is 5.60 Å². The largest absolute Gasteiger partial charge is 0.444 e. The first kappa shape index (κ1) is 19.2. The highest BCUT2D eigenvalue weighted by Gasteiger charge is 2.28. The van der Waals surface area contributed by atoms with Crippen LogP contribution in [0.4, 0.5) is 4.79 Å². The van der Waals surface area contributed by atoms with Crippen molar-refractivity contribution in [2.75, 3.05) is 20.2 Å². The van der Waals surface area contributed by atoms with Crippen LogP contribution in [0.3, 0.4) is 0 Å². The van der Waals surface area contributed by atoms with E-state index in [1.807, 2.05) is 20.8 Å². The van der Waals surface area contributed by atoms with E-state index in [1.165, 1.54) is 6.42 Å². The molecule has 20 heavy (non-hydrogen) atoms. The summed E-state index contributed by atoms with van der Waals surface area (Å²) >= 11 is 0. The van der Waals surface area contributed by atoms with Gasteiger partial charge in [0.2, 0.25) is 0 Å². The fourth-order valence-electron chi connectivity index (χ4n) is 2.07. The minimum absolute atomic E-state index is 0.194. The number of piperidine rings is 1. The average Bonchev–Trinajstić information content (AvgIpc) is 2.37. The highest BCUT2D eigenvalue weighted by molar-refractivity contribution is 5.68. The Morgan fingerprint density at radius 1 is 1.25 bits per heavy atom. The molecule has 0 N–H and O–H groups in total. The van der Waals surface area contributed by atoms with E-state index in [4.69, 9.17) is 9.47 Å². The third-order valence-corrected chi connectivity index (χ3v) is 3.23. The van der Waals surface area contributed by atoms with Crippen LogP contribution in [-0.4, -0.2) is 42.9 Å². The fraction of sp³-hybridized carbons (Fsp3) is 0.938. The molecule has 4 nitrogen and oxygen atoms in total. The molecule has 1 unspecified atom stereocenters. The lowest BCUT2D eigenvalue weighted by Crippen LogP contribution is -2.43. The van der Waals surface area contributed by atoms with E-state index in [0.717, 1.165) is 25.9 Å². The highest BCUT2D eigenvalue weighted by atomic mass is 16.6. The number of hydrogen-bond acceptors (Lipinski definition) is 3. The number of amides is 1. The zero-order valence-electron chi connectivity index (χ0n) is 14.4. The van der Waals surface area contributed by atoms with Crippen molar-refractivity contribution in [3.63, 3.8) is 0 Å². The molecule has 0 radical (unpaired) electrons. The summed E-state index contributed by atoms with van der Waals surface area (Å²) in [6, 6.07) is 0. The van der Waals surface area contributed by atoms with Crippen molar-refractivity contribution in [3.05, 3.63) is 0 Å². The maximum Gasteiger partial charge on any atom is 0.410 e. The molecule has 1 amide bonds. The number of likely N-dealkylation sites (tertiary alicyclic amines) is 1. The number of nitrogens with zero attached hydrogens (tertiary/aromatic N) is 1. The van der Waals surface area contributed by atoms with E-state index >= 15 is 0 Å². The lowest BCUT2D eigenvalue weighted by Gasteiger charge is -2.35. The third kappa shape index (κ3) is 7.73. The number of ether oxygens (including phenoxy) is 2. The fourth-order valence-corrected chi connectivity index (χ4v) is 2.07. The Hall–Kier alpha value is -0.770. The molecule has 1 atom stereocenters. The first-order valence-electron chi connectivity index (χ1n) is 7.75. The second-order valence-electron chi connectivity index (χ2n) is 6.45. The zero-order chi connectivity index (χ0) is 15.8. The monoisotopic (exact) mass is 287 g/mol. The summed E-state index contributed by atoms with van der Waals surface area (Å²) in [5.41, 5.74) is -0.409. The number of carbonyl (C=O) groups excluding carboxylic acids is 1. The molecule has 0 aromatic carbocycles. The second kappa shape index (κ2) is 9.22. The van der Waals surface area contributed by atoms with Crippen LogP contribution >= 0.6 is 0 Å². The summed E-state index contributed by atoms with van der Waals surface area (Å²) in [4.78, 5) is 13.6. The molecule has 0 saturated carbocycles. The van der Waals surface area contributed by atoms with Crippen molar-refractivity contribution in [2.24, 2.45) is 5.92 Å². The van der Waals surface area contributed by atoms with Crippen LogP contribution in [0.25, 0.3) is 0 Å². The van der Waals surface area contributed by atoms with Crippen LogP contribution in [0.5, 0.6) is 0 Å². The average molecular weight is 287 g/mol. The number of hydrogen-bond donors (Lipinski definition) is 0. The molecule has 1 aliphatic heterocycles. The summed E-state index contributed by atoms with van der Waals surface area (Å²) in [5, 5.41) is 0. The van der Waals surface area contributed by atoms with Gasteiger partial charge in [0.1, 0.15) is 5.60 Å². The van der Waals surface area contributed by atoms with Gasteiger partial charge in [-0.1, -0.05) is 20.3 Å². The van der Waals surface area contributed by atoms with E-state index in [-0.39, 0.29) is 12.2 Å². The van der Waals surface area contributed by atoms with E-state index in [2.05, 4.69) is 20.8 Å². The Labute approximate surface area is 124 Å². The van der Waals surface area contributed by atoms with Crippen molar-refractivity contribution in [3.8, 4) is 0 Å². The Balaban J connectivity index is 0.00000110. The predicted octanol–water partition coefficient (Wildman–Crippen LogP) is 4.08. The summed E-state index contributed by atoms with van der Waals surface area (Å²) in [6.07, 6.45) is 3.32. The van der Waals surface area contributed by atoms with Gasteiger partial charge in [0.05, 0.1) is 6.10 Å². The van der Waals surface area contributed by atoms with Crippen LogP contribution in [0.1, 0.15) is 60.8 Å². The summed E-state index contributed by atoms with van der Waals surface area (Å²) in [5.74, 6) is 0.554. The van der Waals surface area contributed by atoms with Crippen molar-refractivity contribution >= 4 is 6.09 Å². The molecule has 1 heterocycles. The third-order valence-electron chi connectivity index (χ3n) is 3.23. The van der Waals surface area contributed by atoms with Gasteiger partial charge in [-0.2, -0.15) is 0 Å². The topological polar surface area (TPSA) is 38.8 Å². The van der Waals surface area contributed by atoms with Crippen molar-refractivity contribution < 1.29 is 14.3 Å². The molecule has 0 aliphatic carbocycles. The summed E-state index contributed by atoms with van der Waals surface area (Å²) in [6.45, 7) is 13.6. The van der Waals surface area contributed by atoms with Crippen LogP contribution < -0.4 is 0 Å². The van der Waals surface area contributed by atoms with Gasteiger partial charge in [-0.05, 0) is 46.5 Å². The summed E-state index contributed by atoms with van der Waals surface area (Å²) < 4.78 is 10.7. The Morgan fingerprint density at radius 3 is 2.05 bits per heavy atom. The minimum atomic E-state index is -0.409.